The summed E-state index contributed by atoms with van der Waals surface area (Å²) >= 11 is 5.86. The summed E-state index contributed by atoms with van der Waals surface area (Å²) in [5.41, 5.74) is -0.456. The zero-order valence-electron chi connectivity index (χ0n) is 6.99. The molecule has 0 radical (unpaired) electrons. The molecule has 0 atom stereocenters. The molecule has 0 saturated heterocycles. The molecular weight excluding hydrogens is 204 g/mol. The monoisotopic (exact) mass is 208 g/mol. The van der Waals surface area contributed by atoms with Crippen LogP contribution < -0.4 is 5.63 Å². The van der Waals surface area contributed by atoms with Gasteiger partial charge in [0.25, 0.3) is 0 Å². The fourth-order valence-corrected chi connectivity index (χ4v) is 1.50. The van der Waals surface area contributed by atoms with Gasteiger partial charge in [0.2, 0.25) is 0 Å². The van der Waals surface area contributed by atoms with Crippen LogP contribution in [0.1, 0.15) is 10.4 Å². The van der Waals surface area contributed by atoms with Gasteiger partial charge in [-0.1, -0.05) is 23.7 Å². The molecule has 0 aliphatic heterocycles. The Morgan fingerprint density at radius 2 is 2.00 bits per heavy atom. The summed E-state index contributed by atoms with van der Waals surface area (Å²) in [7, 11) is 0. The second-order valence-corrected chi connectivity index (χ2v) is 3.11. The van der Waals surface area contributed by atoms with Crippen LogP contribution in [0, 0.1) is 0 Å². The van der Waals surface area contributed by atoms with Crippen LogP contribution >= 0.6 is 11.6 Å². The van der Waals surface area contributed by atoms with Crippen molar-refractivity contribution >= 4 is 28.9 Å². The van der Waals surface area contributed by atoms with Gasteiger partial charge in [-0.25, -0.2) is 4.79 Å². The zero-order chi connectivity index (χ0) is 10.1. The van der Waals surface area contributed by atoms with E-state index in [1.165, 1.54) is 0 Å². The molecule has 0 unspecified atom stereocenters. The summed E-state index contributed by atoms with van der Waals surface area (Å²) in [4.78, 5) is 21.8. The molecule has 4 heteroatoms. The Bertz CT molecular complexity index is 557. The molecule has 0 bridgehead atoms. The molecule has 1 heterocycles. The van der Waals surface area contributed by atoms with Gasteiger partial charge in [0.05, 0.1) is 5.02 Å². The summed E-state index contributed by atoms with van der Waals surface area (Å²) in [5.74, 6) is 0. The molecule has 1 aromatic carbocycles. The fraction of sp³-hybridized carbons (Fsp3) is 0. The maximum absolute atomic E-state index is 11.2. The highest BCUT2D eigenvalue weighted by atomic mass is 35.5. The smallest absolute Gasteiger partial charge is 0.348 e. The Kier molecular flexibility index (Phi) is 2.09. The molecule has 0 aliphatic rings. The summed E-state index contributed by atoms with van der Waals surface area (Å²) in [6.45, 7) is 0. The summed E-state index contributed by atoms with van der Waals surface area (Å²) in [5, 5.41) is 0.711. The van der Waals surface area contributed by atoms with Crippen LogP contribution in [-0.4, -0.2) is 6.29 Å². The Morgan fingerprint density at radius 3 is 2.71 bits per heavy atom. The van der Waals surface area contributed by atoms with Gasteiger partial charge < -0.3 is 4.42 Å². The van der Waals surface area contributed by atoms with E-state index in [1.807, 2.05) is 0 Å². The molecule has 0 fully saturated rings. The average molecular weight is 209 g/mol. The van der Waals surface area contributed by atoms with E-state index in [0.717, 1.165) is 0 Å². The first-order valence-electron chi connectivity index (χ1n) is 3.90. The van der Waals surface area contributed by atoms with E-state index in [-0.39, 0.29) is 10.6 Å². The van der Waals surface area contributed by atoms with Crippen molar-refractivity contribution in [2.75, 3.05) is 0 Å². The molecule has 3 nitrogen and oxygen atoms in total. The molecular formula is C10H5ClO3. The van der Waals surface area contributed by atoms with Crippen molar-refractivity contribution in [2.24, 2.45) is 0 Å². The van der Waals surface area contributed by atoms with E-state index < -0.39 is 5.63 Å². The minimum absolute atomic E-state index is 0.134. The number of benzene rings is 1. The molecule has 1 aromatic heterocycles. The van der Waals surface area contributed by atoms with Crippen LogP contribution in [0.4, 0.5) is 0 Å². The zero-order valence-corrected chi connectivity index (χ0v) is 7.75. The van der Waals surface area contributed by atoms with Crippen LogP contribution in [-0.2, 0) is 0 Å². The summed E-state index contributed by atoms with van der Waals surface area (Å²) < 4.78 is 4.89. The number of hydrogen-bond donors (Lipinski definition) is 0. The van der Waals surface area contributed by atoms with Gasteiger partial charge in [-0.2, -0.15) is 0 Å². The van der Waals surface area contributed by atoms with Crippen molar-refractivity contribution < 1.29 is 9.21 Å². The highest BCUT2D eigenvalue weighted by Gasteiger charge is 2.10. The molecule has 0 N–H and O–H groups in total. The fourth-order valence-electron chi connectivity index (χ4n) is 1.23. The third-order valence-corrected chi connectivity index (χ3v) is 2.31. The lowest BCUT2D eigenvalue weighted by Crippen LogP contribution is -2.06. The predicted molar refractivity (Wildman–Crippen MR) is 52.9 cm³/mol. The first kappa shape index (κ1) is 8.97. The second kappa shape index (κ2) is 3.27. The Morgan fingerprint density at radius 1 is 1.29 bits per heavy atom. The van der Waals surface area contributed by atoms with Gasteiger partial charge in [0.1, 0.15) is 11.1 Å². The van der Waals surface area contributed by atoms with E-state index in [4.69, 9.17) is 16.0 Å². The van der Waals surface area contributed by atoms with Crippen molar-refractivity contribution in [1.29, 1.82) is 0 Å². The molecule has 0 amide bonds. The minimum atomic E-state index is -0.705. The summed E-state index contributed by atoms with van der Waals surface area (Å²) in [6.07, 6.45) is 0.403. The average Bonchev–Trinajstić information content (AvgIpc) is 2.18. The highest BCUT2D eigenvalue weighted by molar-refractivity contribution is 6.37. The Balaban J connectivity index is 3.00. The number of fused-ring (bicyclic) bond motifs is 1. The van der Waals surface area contributed by atoms with Crippen molar-refractivity contribution in [2.45, 2.75) is 0 Å². The van der Waals surface area contributed by atoms with E-state index in [0.29, 0.717) is 17.3 Å². The van der Waals surface area contributed by atoms with Crippen LogP contribution in [0.25, 0.3) is 11.0 Å². The second-order valence-electron chi connectivity index (χ2n) is 2.73. The number of halogens is 1. The van der Waals surface area contributed by atoms with Gasteiger partial charge in [0, 0.05) is 5.39 Å². The maximum Gasteiger partial charge on any atom is 0.348 e. The normalized spacial score (nSPS) is 10.4. The van der Waals surface area contributed by atoms with Gasteiger partial charge in [-0.05, 0) is 12.1 Å². The number of carbonyl (C=O) groups excluding carboxylic acids is 1. The lowest BCUT2D eigenvalue weighted by atomic mass is 10.2. The predicted octanol–water partition coefficient (Wildman–Crippen LogP) is 2.26. The van der Waals surface area contributed by atoms with E-state index in [2.05, 4.69) is 0 Å². The van der Waals surface area contributed by atoms with Crippen LogP contribution in [0.3, 0.4) is 0 Å². The van der Waals surface area contributed by atoms with Gasteiger partial charge >= 0.3 is 5.63 Å². The standard InChI is InChI=1S/C10H5ClO3/c11-9-6-3-1-2-4-8(6)14-10(13)7(9)5-12/h1-5H. The Hall–Kier alpha value is -1.61. The molecule has 2 aromatic rings. The first-order valence-corrected chi connectivity index (χ1v) is 4.28. The quantitative estimate of drug-likeness (QED) is 0.534. The van der Waals surface area contributed by atoms with Gasteiger partial charge in [0.15, 0.2) is 6.29 Å². The minimum Gasteiger partial charge on any atom is -0.422 e. The van der Waals surface area contributed by atoms with Gasteiger partial charge in [-0.15, -0.1) is 0 Å². The lowest BCUT2D eigenvalue weighted by molar-refractivity contribution is 0.112. The summed E-state index contributed by atoms with van der Waals surface area (Å²) in [6, 6.07) is 6.79. The maximum atomic E-state index is 11.2. The van der Waals surface area contributed by atoms with Crippen molar-refractivity contribution in [1.82, 2.24) is 0 Å². The van der Waals surface area contributed by atoms with Crippen molar-refractivity contribution in [3.05, 3.63) is 45.3 Å². The van der Waals surface area contributed by atoms with Crippen LogP contribution in [0.15, 0.2) is 33.5 Å². The third kappa shape index (κ3) is 1.22. The lowest BCUT2D eigenvalue weighted by Gasteiger charge is -1.99. The molecule has 0 spiro atoms. The number of rotatable bonds is 1. The highest BCUT2D eigenvalue weighted by Crippen LogP contribution is 2.23. The molecule has 0 saturated carbocycles. The molecule has 14 heavy (non-hydrogen) atoms. The van der Waals surface area contributed by atoms with Crippen LogP contribution in [0.2, 0.25) is 5.02 Å². The first-order chi connectivity index (χ1) is 6.74. The number of para-hydroxylation sites is 1. The number of aldehydes is 1. The number of hydrogen-bond acceptors (Lipinski definition) is 3. The molecule has 2 rings (SSSR count). The topological polar surface area (TPSA) is 47.3 Å². The van der Waals surface area contributed by atoms with Crippen molar-refractivity contribution in [3.8, 4) is 0 Å². The largest absolute Gasteiger partial charge is 0.422 e. The van der Waals surface area contributed by atoms with E-state index in [1.54, 1.807) is 24.3 Å². The van der Waals surface area contributed by atoms with E-state index in [9.17, 15) is 9.59 Å². The molecule has 70 valence electrons. The van der Waals surface area contributed by atoms with E-state index >= 15 is 0 Å². The Labute approximate surface area is 83.9 Å². The van der Waals surface area contributed by atoms with Crippen LogP contribution in [0.5, 0.6) is 0 Å². The van der Waals surface area contributed by atoms with Gasteiger partial charge in [-0.3, -0.25) is 4.79 Å². The number of carbonyl (C=O) groups is 1. The van der Waals surface area contributed by atoms with Crippen molar-refractivity contribution in [3.63, 3.8) is 0 Å². The SMILES string of the molecule is O=Cc1c(Cl)c2ccccc2oc1=O. The third-order valence-electron chi connectivity index (χ3n) is 1.90. The molecule has 0 aliphatic carbocycles.